The zero-order valence-corrected chi connectivity index (χ0v) is 11.2. The van der Waals surface area contributed by atoms with Crippen LogP contribution >= 0.6 is 0 Å². The molecule has 1 amide bonds. The summed E-state index contributed by atoms with van der Waals surface area (Å²) in [6, 6.07) is 4.03. The summed E-state index contributed by atoms with van der Waals surface area (Å²) in [5, 5.41) is 14.9. The topological polar surface area (TPSA) is 84.2 Å². The second kappa shape index (κ2) is 5.51. The van der Waals surface area contributed by atoms with Gasteiger partial charge in [-0.3, -0.25) is 9.48 Å². The third-order valence-corrected chi connectivity index (χ3v) is 2.83. The highest BCUT2D eigenvalue weighted by atomic mass is 19.4. The van der Waals surface area contributed by atoms with Gasteiger partial charge in [0.25, 0.3) is 5.91 Å². The van der Waals surface area contributed by atoms with Crippen LogP contribution in [0.5, 0.6) is 0 Å². The van der Waals surface area contributed by atoms with Crippen LogP contribution in [0.1, 0.15) is 26.4 Å². The summed E-state index contributed by atoms with van der Waals surface area (Å²) in [6.07, 6.45) is -3.51. The summed E-state index contributed by atoms with van der Waals surface area (Å²) < 4.78 is 38.8. The van der Waals surface area contributed by atoms with Crippen molar-refractivity contribution in [3.05, 3.63) is 47.3 Å². The van der Waals surface area contributed by atoms with Gasteiger partial charge in [0.1, 0.15) is 0 Å². The molecular weight excluding hydrogens is 303 g/mol. The maximum atomic E-state index is 12.6. The first-order chi connectivity index (χ1) is 10.2. The second-order valence-corrected chi connectivity index (χ2v) is 4.37. The molecule has 22 heavy (non-hydrogen) atoms. The van der Waals surface area contributed by atoms with Gasteiger partial charge >= 0.3 is 12.1 Å². The number of carboxylic acids is 1. The molecular formula is C13H10F3N3O3. The molecule has 0 bridgehead atoms. The van der Waals surface area contributed by atoms with E-state index in [9.17, 15) is 22.8 Å². The average Bonchev–Trinajstić information content (AvgIpc) is 2.80. The lowest BCUT2D eigenvalue weighted by Gasteiger charge is -2.09. The van der Waals surface area contributed by atoms with Crippen molar-refractivity contribution < 1.29 is 27.9 Å². The van der Waals surface area contributed by atoms with Crippen LogP contribution in [0, 0.1) is 0 Å². The third-order valence-electron chi connectivity index (χ3n) is 2.83. The molecule has 0 spiro atoms. The van der Waals surface area contributed by atoms with Crippen molar-refractivity contribution in [2.75, 3.05) is 5.32 Å². The summed E-state index contributed by atoms with van der Waals surface area (Å²) in [4.78, 5) is 23.1. The standard InChI is InChI=1S/C13H10F3N3O3/c1-19-10(12(21)22)9(6-17-19)11(20)18-8-4-2-3-7(5-8)13(14,15)16/h2-6H,1H3,(H,18,20)(H,21,22). The Balaban J connectivity index is 2.29. The number of nitrogens with one attached hydrogen (secondary N) is 1. The van der Waals surface area contributed by atoms with Gasteiger partial charge in [0.15, 0.2) is 5.69 Å². The Morgan fingerprint density at radius 2 is 2.00 bits per heavy atom. The van der Waals surface area contributed by atoms with Crippen LogP contribution in [0.3, 0.4) is 0 Å². The van der Waals surface area contributed by atoms with E-state index in [-0.39, 0.29) is 16.9 Å². The van der Waals surface area contributed by atoms with E-state index in [1.807, 2.05) is 0 Å². The molecule has 116 valence electrons. The number of rotatable bonds is 3. The smallest absolute Gasteiger partial charge is 0.416 e. The lowest BCUT2D eigenvalue weighted by Crippen LogP contribution is -2.17. The van der Waals surface area contributed by atoms with Crippen molar-refractivity contribution in [1.82, 2.24) is 9.78 Å². The quantitative estimate of drug-likeness (QED) is 0.911. The summed E-state index contributed by atoms with van der Waals surface area (Å²) >= 11 is 0. The van der Waals surface area contributed by atoms with Crippen molar-refractivity contribution >= 4 is 17.6 Å². The third kappa shape index (κ3) is 3.08. The molecule has 0 radical (unpaired) electrons. The first-order valence-electron chi connectivity index (χ1n) is 5.94. The number of amides is 1. The normalized spacial score (nSPS) is 11.3. The number of aromatic nitrogens is 2. The fraction of sp³-hybridized carbons (Fsp3) is 0.154. The maximum Gasteiger partial charge on any atom is 0.416 e. The van der Waals surface area contributed by atoms with E-state index < -0.39 is 23.6 Å². The van der Waals surface area contributed by atoms with Gasteiger partial charge < -0.3 is 10.4 Å². The van der Waals surface area contributed by atoms with Gasteiger partial charge in [0.2, 0.25) is 0 Å². The van der Waals surface area contributed by atoms with Crippen molar-refractivity contribution in [3.63, 3.8) is 0 Å². The van der Waals surface area contributed by atoms with Crippen LogP contribution in [0.4, 0.5) is 18.9 Å². The number of carbonyl (C=O) groups excluding carboxylic acids is 1. The highest BCUT2D eigenvalue weighted by Crippen LogP contribution is 2.30. The van der Waals surface area contributed by atoms with E-state index in [0.717, 1.165) is 29.1 Å². The van der Waals surface area contributed by atoms with Crippen LogP contribution in [0.15, 0.2) is 30.5 Å². The van der Waals surface area contributed by atoms with Crippen LogP contribution < -0.4 is 5.32 Å². The molecule has 1 heterocycles. The Morgan fingerprint density at radius 1 is 1.32 bits per heavy atom. The Hall–Kier alpha value is -2.84. The summed E-state index contributed by atoms with van der Waals surface area (Å²) in [7, 11) is 1.34. The molecule has 2 rings (SSSR count). The minimum absolute atomic E-state index is 0.0972. The van der Waals surface area contributed by atoms with Gasteiger partial charge in [-0.1, -0.05) is 6.07 Å². The summed E-state index contributed by atoms with van der Waals surface area (Å²) in [6.45, 7) is 0. The van der Waals surface area contributed by atoms with Crippen molar-refractivity contribution in [1.29, 1.82) is 0 Å². The number of hydrogen-bond acceptors (Lipinski definition) is 3. The molecule has 1 aromatic heterocycles. The van der Waals surface area contributed by atoms with E-state index in [2.05, 4.69) is 10.4 Å². The number of carboxylic acid groups (broad SMARTS) is 1. The Labute approximate surface area is 122 Å². The van der Waals surface area contributed by atoms with Crippen LogP contribution in [-0.4, -0.2) is 26.8 Å². The van der Waals surface area contributed by atoms with E-state index in [4.69, 9.17) is 5.11 Å². The largest absolute Gasteiger partial charge is 0.477 e. The SMILES string of the molecule is Cn1ncc(C(=O)Nc2cccc(C(F)(F)F)c2)c1C(=O)O. The lowest BCUT2D eigenvalue weighted by atomic mass is 10.1. The van der Waals surface area contributed by atoms with E-state index >= 15 is 0 Å². The molecule has 1 aromatic carbocycles. The summed E-state index contributed by atoms with van der Waals surface area (Å²) in [5.74, 6) is -2.22. The van der Waals surface area contributed by atoms with Crippen molar-refractivity contribution in [3.8, 4) is 0 Å². The molecule has 0 atom stereocenters. The number of aryl methyl sites for hydroxylation is 1. The van der Waals surface area contributed by atoms with E-state index in [1.54, 1.807) is 0 Å². The van der Waals surface area contributed by atoms with Crippen LogP contribution in [0.2, 0.25) is 0 Å². The van der Waals surface area contributed by atoms with Gasteiger partial charge in [-0.2, -0.15) is 18.3 Å². The van der Waals surface area contributed by atoms with Gasteiger partial charge in [-0.05, 0) is 18.2 Å². The molecule has 0 saturated heterocycles. The lowest BCUT2D eigenvalue weighted by molar-refractivity contribution is -0.137. The number of aromatic carboxylic acids is 1. The Morgan fingerprint density at radius 3 is 2.59 bits per heavy atom. The molecule has 2 aromatic rings. The fourth-order valence-corrected chi connectivity index (χ4v) is 1.83. The van der Waals surface area contributed by atoms with Crippen LogP contribution in [-0.2, 0) is 13.2 Å². The van der Waals surface area contributed by atoms with Crippen molar-refractivity contribution in [2.45, 2.75) is 6.18 Å². The average molecular weight is 313 g/mol. The highest BCUT2D eigenvalue weighted by Gasteiger charge is 2.30. The number of halogens is 3. The number of carbonyl (C=O) groups is 2. The number of alkyl halides is 3. The zero-order chi connectivity index (χ0) is 16.5. The first-order valence-corrected chi connectivity index (χ1v) is 5.94. The molecule has 6 nitrogen and oxygen atoms in total. The fourth-order valence-electron chi connectivity index (χ4n) is 1.83. The molecule has 0 aliphatic heterocycles. The Kier molecular flexibility index (Phi) is 3.89. The zero-order valence-electron chi connectivity index (χ0n) is 11.2. The van der Waals surface area contributed by atoms with Gasteiger partial charge in [0.05, 0.1) is 17.3 Å². The number of anilines is 1. The van der Waals surface area contributed by atoms with Crippen molar-refractivity contribution in [2.24, 2.45) is 7.05 Å². The number of benzene rings is 1. The van der Waals surface area contributed by atoms with Gasteiger partial charge in [0, 0.05) is 12.7 Å². The maximum absolute atomic E-state index is 12.6. The molecule has 9 heteroatoms. The molecule has 0 aliphatic rings. The minimum Gasteiger partial charge on any atom is -0.477 e. The molecule has 0 unspecified atom stereocenters. The number of nitrogens with zero attached hydrogens (tertiary/aromatic N) is 2. The second-order valence-electron chi connectivity index (χ2n) is 4.37. The predicted octanol–water partition coefficient (Wildman–Crippen LogP) is 2.39. The predicted molar refractivity (Wildman–Crippen MR) is 69.6 cm³/mol. The minimum atomic E-state index is -4.54. The van der Waals surface area contributed by atoms with Gasteiger partial charge in [-0.25, -0.2) is 4.79 Å². The Bertz CT molecular complexity index is 738. The first kappa shape index (κ1) is 15.5. The van der Waals surface area contributed by atoms with E-state index in [1.165, 1.54) is 13.1 Å². The molecule has 2 N–H and O–H groups in total. The summed E-state index contributed by atoms with van der Waals surface area (Å²) in [5.41, 5.74) is -1.62. The van der Waals surface area contributed by atoms with Crippen LogP contribution in [0.25, 0.3) is 0 Å². The molecule has 0 saturated carbocycles. The molecule has 0 fully saturated rings. The monoisotopic (exact) mass is 313 g/mol. The van der Waals surface area contributed by atoms with E-state index in [0.29, 0.717) is 0 Å². The van der Waals surface area contributed by atoms with Gasteiger partial charge in [-0.15, -0.1) is 0 Å². The highest BCUT2D eigenvalue weighted by molar-refractivity contribution is 6.09. The molecule has 0 aliphatic carbocycles. The number of hydrogen-bond donors (Lipinski definition) is 2.